The Morgan fingerprint density at radius 1 is 0.615 bits per heavy atom. The summed E-state index contributed by atoms with van der Waals surface area (Å²) in [5.41, 5.74) is 14.4. The highest BCUT2D eigenvalue weighted by Gasteiger charge is 2.34. The third-order valence-corrected chi connectivity index (χ3v) is 11.7. The number of Topliss-reactive ketones (excluding diaryl/α,β-unsaturated/α-hetero) is 3. The average Bonchev–Trinajstić information content (AvgIpc) is 3.83. The Hall–Kier alpha value is -5.87. The maximum atomic E-state index is 12.8. The van der Waals surface area contributed by atoms with Gasteiger partial charge in [0, 0.05) is 68.9 Å². The summed E-state index contributed by atoms with van der Waals surface area (Å²) in [7, 11) is 0. The number of rotatable bonds is 19. The van der Waals surface area contributed by atoms with Crippen molar-refractivity contribution in [2.75, 3.05) is 13.1 Å². The first-order chi connectivity index (χ1) is 31.2. The van der Waals surface area contributed by atoms with Gasteiger partial charge in [-0.15, -0.1) is 0 Å². The molecule has 10 nitrogen and oxygen atoms in total. The van der Waals surface area contributed by atoms with Crippen molar-refractivity contribution in [3.63, 3.8) is 0 Å². The van der Waals surface area contributed by atoms with Gasteiger partial charge in [-0.3, -0.25) is 34.2 Å². The van der Waals surface area contributed by atoms with Crippen LogP contribution in [-0.2, 0) is 51.4 Å². The van der Waals surface area contributed by atoms with E-state index in [-0.39, 0.29) is 36.7 Å². The summed E-state index contributed by atoms with van der Waals surface area (Å²) < 4.78 is 5.42. The molecule has 0 spiro atoms. The van der Waals surface area contributed by atoms with E-state index < -0.39 is 6.09 Å². The van der Waals surface area contributed by atoms with Crippen LogP contribution in [0.2, 0.25) is 0 Å². The molecule has 1 saturated heterocycles. The quantitative estimate of drug-likeness (QED) is 0.0856. The van der Waals surface area contributed by atoms with Crippen molar-refractivity contribution in [2.24, 2.45) is 11.7 Å². The molecule has 346 valence electrons. The van der Waals surface area contributed by atoms with Gasteiger partial charge >= 0.3 is 6.09 Å². The first kappa shape index (κ1) is 51.8. The second-order valence-corrected chi connectivity index (χ2v) is 18.0. The molecule has 4 heterocycles. The van der Waals surface area contributed by atoms with Crippen LogP contribution >= 0.6 is 0 Å². The lowest BCUT2D eigenvalue weighted by Gasteiger charge is -2.23. The van der Waals surface area contributed by atoms with Crippen LogP contribution in [0, 0.1) is 5.92 Å². The van der Waals surface area contributed by atoms with Crippen LogP contribution < -0.4 is 5.73 Å². The average molecular weight is 882 g/mol. The van der Waals surface area contributed by atoms with Gasteiger partial charge in [0.1, 0.15) is 18.2 Å². The van der Waals surface area contributed by atoms with Crippen LogP contribution in [0.3, 0.4) is 0 Å². The Bertz CT molecular complexity index is 2230. The Morgan fingerprint density at radius 3 is 1.55 bits per heavy atom. The molecule has 6 rings (SSSR count). The Kier molecular flexibility index (Phi) is 21.9. The first-order valence-electron chi connectivity index (χ1n) is 23.3. The van der Waals surface area contributed by atoms with Gasteiger partial charge in [-0.25, -0.2) is 4.79 Å². The second-order valence-electron chi connectivity index (χ2n) is 18.0. The molecule has 0 radical (unpaired) electrons. The first-order valence-corrected chi connectivity index (χ1v) is 23.3. The molecule has 0 bridgehead atoms. The minimum absolute atomic E-state index is 0.0728. The predicted molar refractivity (Wildman–Crippen MR) is 260 cm³/mol. The van der Waals surface area contributed by atoms with Gasteiger partial charge in [0.15, 0.2) is 5.78 Å². The van der Waals surface area contributed by atoms with E-state index in [1.807, 2.05) is 92.6 Å². The number of amides is 1. The molecule has 2 aromatic carbocycles. The van der Waals surface area contributed by atoms with E-state index in [2.05, 4.69) is 86.8 Å². The molecule has 5 aromatic rings. The smallest absolute Gasteiger partial charge is 0.410 e. The van der Waals surface area contributed by atoms with Crippen molar-refractivity contribution in [3.05, 3.63) is 161 Å². The fraction of sp³-hybridized carbons (Fsp3) is 0.436. The Labute approximate surface area is 387 Å². The number of hydrogen-bond donors (Lipinski definition) is 1. The molecule has 10 heteroatoms. The molecule has 1 aliphatic rings. The number of likely N-dealkylation sites (tertiary alicyclic amines) is 1. The van der Waals surface area contributed by atoms with Crippen LogP contribution in [0.4, 0.5) is 4.79 Å². The fourth-order valence-corrected chi connectivity index (χ4v) is 7.42. The van der Waals surface area contributed by atoms with Gasteiger partial charge in [0.05, 0.1) is 12.6 Å². The highest BCUT2D eigenvalue weighted by molar-refractivity contribution is 5.88. The third-order valence-electron chi connectivity index (χ3n) is 11.7. The number of pyridine rings is 3. The van der Waals surface area contributed by atoms with Gasteiger partial charge < -0.3 is 10.5 Å². The number of nitrogens with zero attached hydrogens (tertiary/aromatic N) is 4. The zero-order chi connectivity index (χ0) is 47.1. The highest BCUT2D eigenvalue weighted by Crippen LogP contribution is 2.23. The molecule has 1 aliphatic heterocycles. The van der Waals surface area contributed by atoms with Gasteiger partial charge in [0.2, 0.25) is 0 Å². The van der Waals surface area contributed by atoms with E-state index in [0.717, 1.165) is 47.9 Å². The van der Waals surface area contributed by atoms with E-state index in [1.54, 1.807) is 4.90 Å². The summed E-state index contributed by atoms with van der Waals surface area (Å²) in [6, 6.07) is 25.8. The van der Waals surface area contributed by atoms with Crippen molar-refractivity contribution in [1.82, 2.24) is 19.9 Å². The number of aryl methyl sites for hydroxylation is 3. The lowest BCUT2D eigenvalue weighted by Crippen LogP contribution is -2.40. The van der Waals surface area contributed by atoms with Crippen molar-refractivity contribution >= 4 is 23.4 Å². The number of benzene rings is 2. The second kappa shape index (κ2) is 27.5. The van der Waals surface area contributed by atoms with E-state index in [9.17, 15) is 19.2 Å². The number of ketones is 3. The highest BCUT2D eigenvalue weighted by atomic mass is 16.6. The van der Waals surface area contributed by atoms with E-state index in [4.69, 9.17) is 10.5 Å². The minimum Gasteiger partial charge on any atom is -0.445 e. The van der Waals surface area contributed by atoms with Gasteiger partial charge in [-0.2, -0.15) is 0 Å². The molecular formula is C55H71N5O5. The van der Waals surface area contributed by atoms with Crippen molar-refractivity contribution in [3.8, 4) is 0 Å². The maximum Gasteiger partial charge on any atom is 0.410 e. The maximum absolute atomic E-state index is 12.8. The topological polar surface area (TPSA) is 145 Å². The number of ether oxygens (including phenoxy) is 1. The monoisotopic (exact) mass is 882 g/mol. The molecular weight excluding hydrogens is 811 g/mol. The van der Waals surface area contributed by atoms with Crippen molar-refractivity contribution in [1.29, 1.82) is 0 Å². The number of carbonyl (C=O) groups excluding carboxylic acids is 4. The van der Waals surface area contributed by atoms with Gasteiger partial charge in [0.25, 0.3) is 0 Å². The summed E-state index contributed by atoms with van der Waals surface area (Å²) in [4.78, 5) is 62.9. The number of hydrogen-bond acceptors (Lipinski definition) is 9. The molecule has 65 heavy (non-hydrogen) atoms. The Balaban J connectivity index is 0.000000224. The van der Waals surface area contributed by atoms with E-state index >= 15 is 0 Å². The summed E-state index contributed by atoms with van der Waals surface area (Å²) >= 11 is 0. The fourth-order valence-electron chi connectivity index (χ4n) is 7.42. The predicted octanol–water partition coefficient (Wildman–Crippen LogP) is 10.8. The van der Waals surface area contributed by atoms with Gasteiger partial charge in [-0.1, -0.05) is 127 Å². The minimum atomic E-state index is -0.400. The SMILES string of the molecule is CC(C)c1cncc(CCC(=O)CN)c1.CC(C)c1cncc(CCC(=O)[C@@H](C)Cc2ccccc2)c1.CC(C)c1cncc(CCC(=O)[C@@H]2CCCN2C(=O)OCc2ccccc2)c1. The van der Waals surface area contributed by atoms with Crippen molar-refractivity contribution < 1.29 is 23.9 Å². The third kappa shape index (κ3) is 18.3. The zero-order valence-electron chi connectivity index (χ0n) is 39.7. The molecule has 0 aliphatic carbocycles. The number of carbonyl (C=O) groups is 4. The van der Waals surface area contributed by atoms with Crippen LogP contribution in [0.15, 0.2) is 116 Å². The van der Waals surface area contributed by atoms with Gasteiger partial charge in [-0.05, 0) is 101 Å². The molecule has 3 aromatic heterocycles. The Morgan fingerprint density at radius 2 is 1.08 bits per heavy atom. The summed E-state index contributed by atoms with van der Waals surface area (Å²) in [6.07, 6.45) is 16.8. The standard InChI is InChI=1S/C23H28N2O3.C20H25NO.C12H18N2O/c1-17(2)20-13-19(14-24-15-20)10-11-22(26)21-9-6-12-25(21)23(27)28-16-18-7-4-3-5-8-18;1-15(2)19-12-18(13-21-14-19)9-10-20(22)16(3)11-17-7-5-4-6-8-17;1-9(2)11-5-10(7-14-8-11)3-4-12(15)6-13/h3-5,7-8,13-15,17,21H,6,9-12,16H2,1-2H3;4-8,12-16H,9-11H2,1-3H3;5,7-9H,3-4,6,13H2,1-2H3/t21-;16-;/m00./s1. The molecule has 0 unspecified atom stereocenters. The summed E-state index contributed by atoms with van der Waals surface area (Å²) in [5.74, 6) is 1.96. The lowest BCUT2D eigenvalue weighted by atomic mass is 9.93. The number of aromatic nitrogens is 3. The molecule has 1 amide bonds. The molecule has 2 N–H and O–H groups in total. The van der Waals surface area contributed by atoms with Crippen LogP contribution in [0.5, 0.6) is 0 Å². The number of nitrogens with two attached hydrogens (primary N) is 1. The van der Waals surface area contributed by atoms with E-state index in [0.29, 0.717) is 62.2 Å². The normalized spacial score (nSPS) is 13.7. The molecule has 0 saturated carbocycles. The van der Waals surface area contributed by atoms with E-state index in [1.165, 1.54) is 22.3 Å². The van der Waals surface area contributed by atoms with Crippen LogP contribution in [0.1, 0.15) is 143 Å². The molecule has 2 atom stereocenters. The molecule has 1 fully saturated rings. The van der Waals surface area contributed by atoms with Crippen molar-refractivity contribution in [2.45, 2.75) is 137 Å². The van der Waals surface area contributed by atoms with Crippen LogP contribution in [-0.4, -0.2) is 62.4 Å². The summed E-state index contributed by atoms with van der Waals surface area (Å²) in [6.45, 7) is 15.8. The zero-order valence-corrected chi connectivity index (χ0v) is 39.7. The largest absolute Gasteiger partial charge is 0.445 e. The summed E-state index contributed by atoms with van der Waals surface area (Å²) in [5, 5.41) is 0. The lowest BCUT2D eigenvalue weighted by molar-refractivity contribution is -0.123. The van der Waals surface area contributed by atoms with Crippen LogP contribution in [0.25, 0.3) is 0 Å².